The molecule has 0 saturated heterocycles. The zero-order chi connectivity index (χ0) is 13.7. The lowest BCUT2D eigenvalue weighted by Crippen LogP contribution is -2.14. The van der Waals surface area contributed by atoms with Crippen molar-refractivity contribution >= 4 is 55.8 Å². The van der Waals surface area contributed by atoms with Crippen LogP contribution in [0.15, 0.2) is 0 Å². The molecule has 0 aromatic rings. The number of carboxylic acid groups (broad SMARTS) is 1. The van der Waals surface area contributed by atoms with Crippen LogP contribution >= 0.6 is 37.9 Å². The van der Waals surface area contributed by atoms with Crippen LogP contribution in [0.2, 0.25) is 0 Å². The summed E-state index contributed by atoms with van der Waals surface area (Å²) >= 11 is 10.8. The van der Waals surface area contributed by atoms with Crippen LogP contribution in [0.5, 0.6) is 0 Å². The monoisotopic (exact) mass is 302 g/mol. The van der Waals surface area contributed by atoms with E-state index in [0.29, 0.717) is 0 Å². The van der Waals surface area contributed by atoms with Crippen molar-refractivity contribution in [3.63, 3.8) is 0 Å². The average molecular weight is 302 g/mol. The average Bonchev–Trinajstić information content (AvgIpc) is 2.34. The summed E-state index contributed by atoms with van der Waals surface area (Å²) < 4.78 is 9.14. The molecule has 0 aromatic heterocycles. The first-order valence-corrected chi connectivity index (χ1v) is 6.23. The molecular weight excluding hydrogens is 288 g/mol. The highest BCUT2D eigenvalue weighted by atomic mass is 32.1. The maximum atomic E-state index is 10.5. The van der Waals surface area contributed by atoms with E-state index in [4.69, 9.17) is 5.11 Å². The standard InChI is InChI=1S/C6H10O4S2.C2H4O2S/c7-5(3-11)9-1-2-10-6(8)4-12;3-2(4)1-5/h11-12H,1-4H2;5H,1H2,(H,3,4). The van der Waals surface area contributed by atoms with E-state index in [1.165, 1.54) is 0 Å². The Morgan fingerprint density at radius 1 is 0.824 bits per heavy atom. The topological polar surface area (TPSA) is 89.9 Å². The number of carbonyl (C=O) groups is 3. The van der Waals surface area contributed by atoms with Gasteiger partial charge in [-0.15, -0.1) is 0 Å². The number of thiol groups is 3. The predicted octanol–water partition coefficient (Wildman–Crippen LogP) is -0.0668. The van der Waals surface area contributed by atoms with Gasteiger partial charge in [-0.25, -0.2) is 0 Å². The summed E-state index contributed by atoms with van der Waals surface area (Å²) in [7, 11) is 0. The third-order valence-electron chi connectivity index (χ3n) is 1.00. The summed E-state index contributed by atoms with van der Waals surface area (Å²) in [5.41, 5.74) is 0. The summed E-state index contributed by atoms with van der Waals surface area (Å²) in [5, 5.41) is 7.65. The van der Waals surface area contributed by atoms with Gasteiger partial charge in [0.1, 0.15) is 13.2 Å². The Balaban J connectivity index is 0. The zero-order valence-corrected chi connectivity index (χ0v) is 11.5. The largest absolute Gasteiger partial charge is 0.481 e. The molecule has 6 nitrogen and oxygen atoms in total. The van der Waals surface area contributed by atoms with Gasteiger partial charge in [0, 0.05) is 0 Å². The molecule has 0 radical (unpaired) electrons. The van der Waals surface area contributed by atoms with Gasteiger partial charge in [-0.05, 0) is 0 Å². The van der Waals surface area contributed by atoms with E-state index in [2.05, 4.69) is 47.4 Å². The molecule has 9 heteroatoms. The fourth-order valence-electron chi connectivity index (χ4n) is 0.402. The first-order valence-electron chi connectivity index (χ1n) is 4.33. The fourth-order valence-corrected chi connectivity index (χ4v) is 0.585. The van der Waals surface area contributed by atoms with Crippen molar-refractivity contribution in [3.8, 4) is 0 Å². The molecule has 0 unspecified atom stereocenters. The highest BCUT2D eigenvalue weighted by Gasteiger charge is 2.00. The van der Waals surface area contributed by atoms with E-state index in [-0.39, 0.29) is 30.5 Å². The molecule has 0 amide bonds. The van der Waals surface area contributed by atoms with Crippen molar-refractivity contribution in [2.75, 3.05) is 30.5 Å². The molecule has 0 aliphatic carbocycles. The van der Waals surface area contributed by atoms with Crippen molar-refractivity contribution in [2.45, 2.75) is 0 Å². The van der Waals surface area contributed by atoms with Gasteiger partial charge in [0.25, 0.3) is 0 Å². The number of esters is 2. The van der Waals surface area contributed by atoms with E-state index in [1.54, 1.807) is 0 Å². The SMILES string of the molecule is O=C(CS)OCCOC(=O)CS.O=C(O)CS. The van der Waals surface area contributed by atoms with Crippen LogP contribution < -0.4 is 0 Å². The summed E-state index contributed by atoms with van der Waals surface area (Å²) in [6.45, 7) is 0.137. The lowest BCUT2D eigenvalue weighted by atomic mass is 10.7. The number of ether oxygens (including phenoxy) is 2. The third-order valence-corrected chi connectivity index (χ3v) is 1.79. The molecule has 100 valence electrons. The Kier molecular flexibility index (Phi) is 15.0. The second-order valence-electron chi connectivity index (χ2n) is 2.31. The van der Waals surface area contributed by atoms with Gasteiger partial charge in [0.2, 0.25) is 0 Å². The molecule has 0 rings (SSSR count). The van der Waals surface area contributed by atoms with Crippen molar-refractivity contribution in [2.24, 2.45) is 0 Å². The van der Waals surface area contributed by atoms with Gasteiger partial charge < -0.3 is 14.6 Å². The van der Waals surface area contributed by atoms with Gasteiger partial charge in [-0.1, -0.05) is 0 Å². The van der Waals surface area contributed by atoms with Gasteiger partial charge in [-0.2, -0.15) is 37.9 Å². The number of carbonyl (C=O) groups excluding carboxylic acids is 2. The van der Waals surface area contributed by atoms with Crippen molar-refractivity contribution < 1.29 is 29.0 Å². The second-order valence-corrected chi connectivity index (χ2v) is 3.26. The Hall–Kier alpha value is -0.540. The zero-order valence-electron chi connectivity index (χ0n) is 8.87. The van der Waals surface area contributed by atoms with Crippen molar-refractivity contribution in [1.82, 2.24) is 0 Å². The van der Waals surface area contributed by atoms with Crippen LogP contribution in [0, 0.1) is 0 Å². The van der Waals surface area contributed by atoms with E-state index in [0.717, 1.165) is 0 Å². The number of aliphatic carboxylic acids is 1. The normalized spacial score (nSPS) is 8.65. The Morgan fingerprint density at radius 2 is 1.12 bits per heavy atom. The van der Waals surface area contributed by atoms with Crippen LogP contribution in [-0.4, -0.2) is 53.5 Å². The van der Waals surface area contributed by atoms with Gasteiger partial charge >= 0.3 is 17.9 Å². The lowest BCUT2D eigenvalue weighted by Gasteiger charge is -2.03. The van der Waals surface area contributed by atoms with Crippen LogP contribution in [0.25, 0.3) is 0 Å². The summed E-state index contributed by atoms with van der Waals surface area (Å²) in [6, 6.07) is 0. The molecule has 0 aromatic carbocycles. The van der Waals surface area contributed by atoms with Crippen LogP contribution in [0.1, 0.15) is 0 Å². The third kappa shape index (κ3) is 18.0. The van der Waals surface area contributed by atoms with Crippen LogP contribution in [-0.2, 0) is 23.9 Å². The molecule has 0 atom stereocenters. The molecule has 0 fully saturated rings. The van der Waals surface area contributed by atoms with E-state index in [1.807, 2.05) is 0 Å². The minimum absolute atomic E-state index is 0.0283. The van der Waals surface area contributed by atoms with E-state index < -0.39 is 17.9 Å². The summed E-state index contributed by atoms with van der Waals surface area (Å²) in [5.74, 6) is -1.77. The predicted molar refractivity (Wildman–Crippen MR) is 71.1 cm³/mol. The molecule has 0 heterocycles. The maximum absolute atomic E-state index is 10.5. The molecule has 0 bridgehead atoms. The van der Waals surface area contributed by atoms with Crippen molar-refractivity contribution in [3.05, 3.63) is 0 Å². The Morgan fingerprint density at radius 3 is 1.29 bits per heavy atom. The fraction of sp³-hybridized carbons (Fsp3) is 0.625. The number of hydrogen-bond donors (Lipinski definition) is 4. The van der Waals surface area contributed by atoms with Crippen LogP contribution in [0.4, 0.5) is 0 Å². The summed E-state index contributed by atoms with van der Waals surface area (Å²) in [6.07, 6.45) is 0. The highest BCUT2D eigenvalue weighted by Crippen LogP contribution is 1.85. The van der Waals surface area contributed by atoms with Crippen molar-refractivity contribution in [1.29, 1.82) is 0 Å². The van der Waals surface area contributed by atoms with Gasteiger partial charge in [0.15, 0.2) is 0 Å². The molecule has 0 aliphatic rings. The second kappa shape index (κ2) is 13.5. The first-order chi connectivity index (χ1) is 7.97. The highest BCUT2D eigenvalue weighted by molar-refractivity contribution is 7.81. The molecule has 17 heavy (non-hydrogen) atoms. The molecule has 1 N–H and O–H groups in total. The Labute approximate surface area is 115 Å². The number of hydrogen-bond acceptors (Lipinski definition) is 8. The number of carboxylic acids is 1. The van der Waals surface area contributed by atoms with Gasteiger partial charge in [-0.3, -0.25) is 14.4 Å². The van der Waals surface area contributed by atoms with E-state index in [9.17, 15) is 14.4 Å². The molecule has 0 spiro atoms. The Bertz CT molecular complexity index is 227. The minimum atomic E-state index is -0.881. The maximum Gasteiger partial charge on any atom is 0.315 e. The first kappa shape index (κ1) is 18.8. The number of rotatable bonds is 6. The molecule has 0 aliphatic heterocycles. The summed E-state index contributed by atoms with van der Waals surface area (Å²) in [4.78, 5) is 30.2. The molecule has 0 saturated carbocycles. The van der Waals surface area contributed by atoms with Gasteiger partial charge in [0.05, 0.1) is 17.3 Å². The smallest absolute Gasteiger partial charge is 0.315 e. The quantitative estimate of drug-likeness (QED) is 0.312. The minimum Gasteiger partial charge on any atom is -0.481 e. The van der Waals surface area contributed by atoms with E-state index >= 15 is 0 Å². The lowest BCUT2D eigenvalue weighted by molar-refractivity contribution is -0.148. The van der Waals surface area contributed by atoms with Crippen LogP contribution in [0.3, 0.4) is 0 Å². The molecular formula is C8H14O6S3.